The first-order chi connectivity index (χ1) is 11.8. The largest absolute Gasteiger partial charge is 0.0654 e. The van der Waals surface area contributed by atoms with Gasteiger partial charge in [-0.15, -0.1) is 0 Å². The lowest BCUT2D eigenvalue weighted by molar-refractivity contribution is 0.796. The standard InChI is InChI=1S/C24H24/c1-3-5-6-21-13-15-24-18-22(14-16-23(24)17-21)12-11-20-9-7-19(4-2)8-10-20/h7-10,13-18H,3-6H2,1-2H3. The highest BCUT2D eigenvalue weighted by molar-refractivity contribution is 5.84. The van der Waals surface area contributed by atoms with E-state index in [9.17, 15) is 0 Å². The molecule has 0 aliphatic carbocycles. The number of benzene rings is 3. The number of hydrogen-bond donors (Lipinski definition) is 0. The Morgan fingerprint density at radius 1 is 0.667 bits per heavy atom. The molecular weight excluding hydrogens is 288 g/mol. The lowest BCUT2D eigenvalue weighted by Gasteiger charge is -2.03. The van der Waals surface area contributed by atoms with Crippen molar-refractivity contribution in [1.82, 2.24) is 0 Å². The van der Waals surface area contributed by atoms with E-state index in [0.717, 1.165) is 17.5 Å². The van der Waals surface area contributed by atoms with E-state index in [2.05, 4.69) is 86.4 Å². The van der Waals surface area contributed by atoms with E-state index in [0.29, 0.717) is 0 Å². The van der Waals surface area contributed by atoms with Gasteiger partial charge in [-0.05, 0) is 65.4 Å². The molecule has 0 aromatic heterocycles. The van der Waals surface area contributed by atoms with Crippen molar-refractivity contribution in [1.29, 1.82) is 0 Å². The Balaban J connectivity index is 1.81. The molecule has 0 amide bonds. The van der Waals surface area contributed by atoms with Crippen LogP contribution in [0.5, 0.6) is 0 Å². The monoisotopic (exact) mass is 312 g/mol. The maximum atomic E-state index is 3.29. The Hall–Kier alpha value is -2.52. The van der Waals surface area contributed by atoms with Gasteiger partial charge in [0.05, 0.1) is 0 Å². The summed E-state index contributed by atoms with van der Waals surface area (Å²) in [4.78, 5) is 0. The molecule has 0 aliphatic heterocycles. The Bertz CT molecular complexity index is 873. The van der Waals surface area contributed by atoms with E-state index >= 15 is 0 Å². The molecule has 0 heteroatoms. The predicted octanol–water partition coefficient (Wildman–Crippen LogP) is 6.14. The molecule has 0 spiro atoms. The molecular formula is C24H24. The molecule has 0 nitrogen and oxygen atoms in total. The second-order valence-electron chi connectivity index (χ2n) is 6.30. The summed E-state index contributed by atoms with van der Waals surface area (Å²) in [5.74, 6) is 6.56. The van der Waals surface area contributed by atoms with Crippen molar-refractivity contribution in [3.05, 3.63) is 82.9 Å². The fraction of sp³-hybridized carbons (Fsp3) is 0.250. The summed E-state index contributed by atoms with van der Waals surface area (Å²) in [6, 6.07) is 21.8. The van der Waals surface area contributed by atoms with Gasteiger partial charge in [-0.2, -0.15) is 0 Å². The minimum absolute atomic E-state index is 1.07. The van der Waals surface area contributed by atoms with Crippen molar-refractivity contribution in [2.45, 2.75) is 39.5 Å². The van der Waals surface area contributed by atoms with Gasteiger partial charge in [0.25, 0.3) is 0 Å². The van der Waals surface area contributed by atoms with Gasteiger partial charge in [-0.1, -0.05) is 68.5 Å². The summed E-state index contributed by atoms with van der Waals surface area (Å²) in [6.07, 6.45) is 4.73. The van der Waals surface area contributed by atoms with Crippen molar-refractivity contribution in [2.24, 2.45) is 0 Å². The van der Waals surface area contributed by atoms with Gasteiger partial charge >= 0.3 is 0 Å². The van der Waals surface area contributed by atoms with Crippen molar-refractivity contribution >= 4 is 10.8 Å². The highest BCUT2D eigenvalue weighted by atomic mass is 14.0. The van der Waals surface area contributed by atoms with Crippen molar-refractivity contribution < 1.29 is 0 Å². The summed E-state index contributed by atoms with van der Waals surface area (Å²) in [7, 11) is 0. The Morgan fingerprint density at radius 3 is 2.04 bits per heavy atom. The molecule has 3 rings (SSSR count). The second-order valence-corrected chi connectivity index (χ2v) is 6.30. The fourth-order valence-corrected chi connectivity index (χ4v) is 2.88. The molecule has 24 heavy (non-hydrogen) atoms. The summed E-state index contributed by atoms with van der Waals surface area (Å²) < 4.78 is 0. The quantitative estimate of drug-likeness (QED) is 0.507. The molecule has 0 atom stereocenters. The zero-order chi connectivity index (χ0) is 16.8. The smallest absolute Gasteiger partial charge is 0.0255 e. The third kappa shape index (κ3) is 4.06. The molecule has 0 unspecified atom stereocenters. The normalized spacial score (nSPS) is 10.4. The molecule has 0 bridgehead atoms. The molecule has 3 aromatic carbocycles. The van der Waals surface area contributed by atoms with Crippen LogP contribution in [0, 0.1) is 11.8 Å². The summed E-state index contributed by atoms with van der Waals surface area (Å²) >= 11 is 0. The Kier molecular flexibility index (Phi) is 5.34. The van der Waals surface area contributed by atoms with Gasteiger partial charge in [-0.25, -0.2) is 0 Å². The molecule has 0 radical (unpaired) electrons. The average Bonchev–Trinajstić information content (AvgIpc) is 2.64. The molecule has 0 saturated heterocycles. The first-order valence-corrected chi connectivity index (χ1v) is 8.92. The van der Waals surface area contributed by atoms with Crippen LogP contribution in [-0.4, -0.2) is 0 Å². The third-order valence-corrected chi connectivity index (χ3v) is 4.44. The zero-order valence-corrected chi connectivity index (χ0v) is 14.6. The molecule has 3 aromatic rings. The minimum Gasteiger partial charge on any atom is -0.0654 e. The van der Waals surface area contributed by atoms with Crippen LogP contribution in [0.4, 0.5) is 0 Å². The third-order valence-electron chi connectivity index (χ3n) is 4.44. The Labute approximate surface area is 145 Å². The number of unbranched alkanes of at least 4 members (excludes halogenated alkanes) is 1. The van der Waals surface area contributed by atoms with Gasteiger partial charge in [0, 0.05) is 11.1 Å². The van der Waals surface area contributed by atoms with Gasteiger partial charge in [0.2, 0.25) is 0 Å². The lowest BCUT2D eigenvalue weighted by atomic mass is 10.0. The maximum absolute atomic E-state index is 3.29. The fourth-order valence-electron chi connectivity index (χ4n) is 2.88. The minimum atomic E-state index is 1.07. The molecule has 0 saturated carbocycles. The van der Waals surface area contributed by atoms with Crippen molar-refractivity contribution in [2.75, 3.05) is 0 Å². The summed E-state index contributed by atoms with van der Waals surface area (Å²) in [5.41, 5.74) is 4.93. The summed E-state index contributed by atoms with van der Waals surface area (Å²) in [5, 5.41) is 2.57. The second kappa shape index (κ2) is 7.84. The van der Waals surface area contributed by atoms with Crippen LogP contribution in [0.1, 0.15) is 48.9 Å². The van der Waals surface area contributed by atoms with E-state index in [1.54, 1.807) is 0 Å². The maximum Gasteiger partial charge on any atom is 0.0255 e. The van der Waals surface area contributed by atoms with E-state index in [4.69, 9.17) is 0 Å². The van der Waals surface area contributed by atoms with Gasteiger partial charge in [-0.3, -0.25) is 0 Å². The first kappa shape index (κ1) is 16.3. The van der Waals surface area contributed by atoms with Gasteiger partial charge < -0.3 is 0 Å². The predicted molar refractivity (Wildman–Crippen MR) is 104 cm³/mol. The van der Waals surface area contributed by atoms with E-state index in [-0.39, 0.29) is 0 Å². The number of rotatable bonds is 4. The number of aryl methyl sites for hydroxylation is 2. The van der Waals surface area contributed by atoms with Crippen LogP contribution in [0.25, 0.3) is 10.8 Å². The van der Waals surface area contributed by atoms with Crippen molar-refractivity contribution in [3.63, 3.8) is 0 Å². The van der Waals surface area contributed by atoms with Crippen LogP contribution in [0.2, 0.25) is 0 Å². The molecule has 0 fully saturated rings. The highest BCUT2D eigenvalue weighted by Gasteiger charge is 1.98. The summed E-state index contributed by atoms with van der Waals surface area (Å²) in [6.45, 7) is 4.41. The topological polar surface area (TPSA) is 0 Å². The lowest BCUT2D eigenvalue weighted by Crippen LogP contribution is -1.85. The SMILES string of the molecule is CCCCc1ccc2cc(C#Cc3ccc(CC)cc3)ccc2c1. The van der Waals surface area contributed by atoms with Gasteiger partial charge in [0.1, 0.15) is 0 Å². The first-order valence-electron chi connectivity index (χ1n) is 8.92. The van der Waals surface area contributed by atoms with E-state index < -0.39 is 0 Å². The average molecular weight is 312 g/mol. The van der Waals surface area contributed by atoms with Crippen LogP contribution in [0.3, 0.4) is 0 Å². The molecule has 0 heterocycles. The van der Waals surface area contributed by atoms with Crippen LogP contribution in [-0.2, 0) is 12.8 Å². The van der Waals surface area contributed by atoms with Gasteiger partial charge in [0.15, 0.2) is 0 Å². The number of fused-ring (bicyclic) bond motifs is 1. The van der Waals surface area contributed by atoms with E-state index in [1.165, 1.54) is 41.2 Å². The number of hydrogen-bond acceptors (Lipinski definition) is 0. The van der Waals surface area contributed by atoms with E-state index in [1.807, 2.05) is 0 Å². The van der Waals surface area contributed by atoms with Crippen LogP contribution >= 0.6 is 0 Å². The Morgan fingerprint density at radius 2 is 1.29 bits per heavy atom. The molecule has 0 aliphatic rings. The van der Waals surface area contributed by atoms with Crippen molar-refractivity contribution in [3.8, 4) is 11.8 Å². The molecule has 120 valence electrons. The van der Waals surface area contributed by atoms with Crippen LogP contribution < -0.4 is 0 Å². The van der Waals surface area contributed by atoms with Crippen LogP contribution in [0.15, 0.2) is 60.7 Å². The highest BCUT2D eigenvalue weighted by Crippen LogP contribution is 2.19. The zero-order valence-electron chi connectivity index (χ0n) is 14.6. The molecule has 0 N–H and O–H groups in total.